The molecule has 3 aromatic carbocycles. The van der Waals surface area contributed by atoms with Gasteiger partial charge in [0.1, 0.15) is 11.5 Å². The molecule has 0 radical (unpaired) electrons. The SMILES string of the molecule is CCc1ccc(N2C(=O)C(=O)/C(=C(\O)c3ccc4c(c3)OCO4)C2c2ccc(OC(C)=O)cc2)cc1. The molecule has 8 nitrogen and oxygen atoms in total. The number of aliphatic hydroxyl groups excluding tert-OH is 1. The molecule has 2 heterocycles. The third-order valence-corrected chi connectivity index (χ3v) is 6.17. The van der Waals surface area contributed by atoms with E-state index in [1.54, 1.807) is 54.6 Å². The standard InChI is InChI=1S/C28H23NO7/c1-3-17-4-9-20(10-5-17)29-25(18-6-11-21(12-7-18)36-16(2)30)24(27(32)28(29)33)26(31)19-8-13-22-23(14-19)35-15-34-22/h4-14,25,31H,3,15H2,1-2H3/b26-24-. The highest BCUT2D eigenvalue weighted by atomic mass is 16.7. The van der Waals surface area contributed by atoms with Crippen LogP contribution in [0.25, 0.3) is 5.76 Å². The van der Waals surface area contributed by atoms with Gasteiger partial charge in [0.25, 0.3) is 11.7 Å². The van der Waals surface area contributed by atoms with Crippen LogP contribution in [0.15, 0.2) is 72.3 Å². The first-order chi connectivity index (χ1) is 17.4. The number of carbonyl (C=O) groups excluding carboxylic acids is 3. The maximum Gasteiger partial charge on any atom is 0.308 e. The summed E-state index contributed by atoms with van der Waals surface area (Å²) < 4.78 is 15.9. The number of rotatable bonds is 5. The lowest BCUT2D eigenvalue weighted by molar-refractivity contribution is -0.132. The van der Waals surface area contributed by atoms with E-state index >= 15 is 0 Å². The average Bonchev–Trinajstić information content (AvgIpc) is 3.46. The van der Waals surface area contributed by atoms with E-state index in [0.29, 0.717) is 34.1 Å². The molecule has 3 aromatic rings. The van der Waals surface area contributed by atoms with E-state index in [9.17, 15) is 19.5 Å². The van der Waals surface area contributed by atoms with Crippen molar-refractivity contribution in [3.8, 4) is 17.2 Å². The molecule has 1 N–H and O–H groups in total. The Labute approximate surface area is 207 Å². The lowest BCUT2D eigenvalue weighted by Gasteiger charge is -2.25. The molecule has 1 fully saturated rings. The van der Waals surface area contributed by atoms with E-state index in [-0.39, 0.29) is 18.1 Å². The van der Waals surface area contributed by atoms with Crippen LogP contribution in [0, 0.1) is 0 Å². The first-order valence-corrected chi connectivity index (χ1v) is 11.5. The Morgan fingerprint density at radius 3 is 2.36 bits per heavy atom. The minimum absolute atomic E-state index is 0.0568. The lowest BCUT2D eigenvalue weighted by Crippen LogP contribution is -2.29. The molecule has 0 aromatic heterocycles. The third kappa shape index (κ3) is 4.07. The van der Waals surface area contributed by atoms with Crippen molar-refractivity contribution in [2.24, 2.45) is 0 Å². The number of ketones is 1. The number of hydrogen-bond donors (Lipinski definition) is 1. The normalized spacial score (nSPS) is 17.9. The number of nitrogens with zero attached hydrogens (tertiary/aromatic N) is 1. The van der Waals surface area contributed by atoms with E-state index < -0.39 is 23.7 Å². The smallest absolute Gasteiger partial charge is 0.308 e. The Kier molecular flexibility index (Phi) is 5.93. The van der Waals surface area contributed by atoms with Gasteiger partial charge in [-0.2, -0.15) is 0 Å². The fraction of sp³-hybridized carbons (Fsp3) is 0.179. The molecule has 1 unspecified atom stereocenters. The summed E-state index contributed by atoms with van der Waals surface area (Å²) >= 11 is 0. The Morgan fingerprint density at radius 2 is 1.69 bits per heavy atom. The third-order valence-electron chi connectivity index (χ3n) is 6.17. The number of benzene rings is 3. The monoisotopic (exact) mass is 485 g/mol. The van der Waals surface area contributed by atoms with Crippen LogP contribution < -0.4 is 19.1 Å². The minimum atomic E-state index is -0.908. The summed E-state index contributed by atoms with van der Waals surface area (Å²) in [5, 5.41) is 11.3. The molecular formula is C28H23NO7. The zero-order valence-electron chi connectivity index (χ0n) is 19.7. The Morgan fingerprint density at radius 1 is 1.00 bits per heavy atom. The predicted molar refractivity (Wildman–Crippen MR) is 131 cm³/mol. The Hall–Kier alpha value is -4.59. The number of hydrogen-bond acceptors (Lipinski definition) is 7. The second-order valence-electron chi connectivity index (χ2n) is 8.42. The van der Waals surface area contributed by atoms with E-state index in [1.165, 1.54) is 11.8 Å². The summed E-state index contributed by atoms with van der Waals surface area (Å²) in [6.45, 7) is 3.39. The van der Waals surface area contributed by atoms with Gasteiger partial charge in [0.2, 0.25) is 6.79 Å². The summed E-state index contributed by atoms with van der Waals surface area (Å²) in [7, 11) is 0. The van der Waals surface area contributed by atoms with Gasteiger partial charge in [-0.15, -0.1) is 0 Å². The largest absolute Gasteiger partial charge is 0.507 e. The molecule has 182 valence electrons. The molecule has 0 aliphatic carbocycles. The Balaban J connectivity index is 1.65. The van der Waals surface area contributed by atoms with Crippen LogP contribution in [0.3, 0.4) is 0 Å². The molecule has 1 amide bonds. The van der Waals surface area contributed by atoms with Crippen molar-refractivity contribution < 1.29 is 33.7 Å². The van der Waals surface area contributed by atoms with E-state index in [0.717, 1.165) is 12.0 Å². The van der Waals surface area contributed by atoms with Crippen molar-refractivity contribution in [2.45, 2.75) is 26.3 Å². The molecule has 1 saturated heterocycles. The van der Waals surface area contributed by atoms with Crippen LogP contribution in [0.2, 0.25) is 0 Å². The van der Waals surface area contributed by atoms with Crippen molar-refractivity contribution in [3.63, 3.8) is 0 Å². The highest BCUT2D eigenvalue weighted by Gasteiger charge is 2.47. The molecular weight excluding hydrogens is 462 g/mol. The van der Waals surface area contributed by atoms with Gasteiger partial charge in [-0.05, 0) is 60.0 Å². The minimum Gasteiger partial charge on any atom is -0.507 e. The number of fused-ring (bicyclic) bond motifs is 1. The summed E-state index contributed by atoms with van der Waals surface area (Å²) in [4.78, 5) is 39.3. The number of aliphatic hydroxyl groups is 1. The van der Waals surface area contributed by atoms with Gasteiger partial charge in [0, 0.05) is 18.2 Å². The zero-order valence-corrected chi connectivity index (χ0v) is 19.7. The molecule has 1 atom stereocenters. The number of carbonyl (C=O) groups is 3. The number of amides is 1. The van der Waals surface area contributed by atoms with E-state index in [4.69, 9.17) is 14.2 Å². The maximum absolute atomic E-state index is 13.3. The van der Waals surface area contributed by atoms with E-state index in [1.807, 2.05) is 19.1 Å². The fourth-order valence-electron chi connectivity index (χ4n) is 4.39. The summed E-state index contributed by atoms with van der Waals surface area (Å²) in [6.07, 6.45) is 0.824. The quantitative estimate of drug-likeness (QED) is 0.186. The fourth-order valence-corrected chi connectivity index (χ4v) is 4.39. The Bertz CT molecular complexity index is 1390. The van der Waals surface area contributed by atoms with Crippen LogP contribution >= 0.6 is 0 Å². The van der Waals surface area contributed by atoms with Crippen LogP contribution in [-0.2, 0) is 20.8 Å². The van der Waals surface area contributed by atoms with Crippen LogP contribution in [0.5, 0.6) is 17.2 Å². The second-order valence-corrected chi connectivity index (χ2v) is 8.42. The number of anilines is 1. The number of Topliss-reactive ketones (excluding diaryl/α,β-unsaturated/α-hetero) is 1. The van der Waals surface area contributed by atoms with Crippen molar-refractivity contribution in [1.29, 1.82) is 0 Å². The number of aryl methyl sites for hydroxylation is 1. The highest BCUT2D eigenvalue weighted by Crippen LogP contribution is 2.43. The molecule has 0 saturated carbocycles. The number of esters is 1. The first kappa shape index (κ1) is 23.2. The van der Waals surface area contributed by atoms with Crippen LogP contribution in [0.1, 0.15) is 36.6 Å². The van der Waals surface area contributed by atoms with Gasteiger partial charge in [-0.25, -0.2) is 0 Å². The lowest BCUT2D eigenvalue weighted by atomic mass is 9.95. The summed E-state index contributed by atoms with van der Waals surface area (Å²) in [5.74, 6) is -1.06. The van der Waals surface area contributed by atoms with Crippen molar-refractivity contribution in [1.82, 2.24) is 0 Å². The maximum atomic E-state index is 13.3. The molecule has 5 rings (SSSR count). The van der Waals surface area contributed by atoms with Crippen LogP contribution in [-0.4, -0.2) is 29.6 Å². The van der Waals surface area contributed by atoms with Crippen molar-refractivity contribution >= 4 is 29.1 Å². The molecule has 2 aliphatic heterocycles. The molecule has 8 heteroatoms. The number of ether oxygens (including phenoxy) is 3. The average molecular weight is 485 g/mol. The van der Waals surface area contributed by atoms with Crippen molar-refractivity contribution in [3.05, 3.63) is 89.0 Å². The molecule has 0 spiro atoms. The zero-order chi connectivity index (χ0) is 25.4. The highest BCUT2D eigenvalue weighted by molar-refractivity contribution is 6.51. The summed E-state index contributed by atoms with van der Waals surface area (Å²) in [6, 6.07) is 17.7. The topological polar surface area (TPSA) is 102 Å². The molecule has 2 aliphatic rings. The molecule has 36 heavy (non-hydrogen) atoms. The van der Waals surface area contributed by atoms with Gasteiger partial charge >= 0.3 is 5.97 Å². The first-order valence-electron chi connectivity index (χ1n) is 11.5. The molecule has 0 bridgehead atoms. The van der Waals surface area contributed by atoms with Gasteiger partial charge < -0.3 is 19.3 Å². The van der Waals surface area contributed by atoms with Gasteiger partial charge in [0.15, 0.2) is 11.5 Å². The van der Waals surface area contributed by atoms with Gasteiger partial charge in [-0.3, -0.25) is 19.3 Å². The predicted octanol–water partition coefficient (Wildman–Crippen LogP) is 4.53. The van der Waals surface area contributed by atoms with E-state index in [2.05, 4.69) is 0 Å². The van der Waals surface area contributed by atoms with Gasteiger partial charge in [0.05, 0.1) is 11.6 Å². The van der Waals surface area contributed by atoms with Gasteiger partial charge in [-0.1, -0.05) is 31.2 Å². The van der Waals surface area contributed by atoms with Crippen LogP contribution in [0.4, 0.5) is 5.69 Å². The second kappa shape index (κ2) is 9.22. The summed E-state index contributed by atoms with van der Waals surface area (Å²) in [5.41, 5.74) is 2.43. The van der Waals surface area contributed by atoms with Crippen molar-refractivity contribution in [2.75, 3.05) is 11.7 Å².